The van der Waals surface area contributed by atoms with Gasteiger partial charge in [-0.1, -0.05) is 30.3 Å². The Kier molecular flexibility index (Phi) is 5.43. The molecule has 2 aromatic carbocycles. The molecule has 2 heterocycles. The molecule has 3 aromatic rings. The summed E-state index contributed by atoms with van der Waals surface area (Å²) in [5, 5.41) is 2.67. The van der Waals surface area contributed by atoms with Gasteiger partial charge in [-0.15, -0.1) is 0 Å². The number of ether oxygens (including phenoxy) is 1. The van der Waals surface area contributed by atoms with E-state index in [2.05, 4.69) is 15.3 Å². The van der Waals surface area contributed by atoms with Gasteiger partial charge in [-0.3, -0.25) is 4.79 Å². The minimum atomic E-state index is -1.32. The minimum absolute atomic E-state index is 0.123. The van der Waals surface area contributed by atoms with E-state index in [0.29, 0.717) is 22.5 Å². The number of rotatable bonds is 5. The maximum absolute atomic E-state index is 14.3. The lowest BCUT2D eigenvalue weighted by Crippen LogP contribution is -2.42. The first kappa shape index (κ1) is 21.5. The lowest BCUT2D eigenvalue weighted by Gasteiger charge is -2.22. The van der Waals surface area contributed by atoms with E-state index in [1.807, 2.05) is 0 Å². The van der Waals surface area contributed by atoms with Gasteiger partial charge >= 0.3 is 5.97 Å². The van der Waals surface area contributed by atoms with Crippen molar-refractivity contribution in [3.8, 4) is 11.4 Å². The third-order valence-electron chi connectivity index (χ3n) is 5.42. The molecule has 9 heteroatoms. The van der Waals surface area contributed by atoms with E-state index in [9.17, 15) is 18.4 Å². The summed E-state index contributed by atoms with van der Waals surface area (Å²) in [7, 11) is 1.26. The second kappa shape index (κ2) is 8.08. The molecular weight excluding hydrogens is 418 g/mol. The maximum atomic E-state index is 14.3. The topological polar surface area (TPSA) is 107 Å². The molecule has 0 bridgehead atoms. The number of carbonyl (C=O) groups excluding carboxylic acids is 2. The van der Waals surface area contributed by atoms with E-state index in [1.54, 1.807) is 31.2 Å². The molecule has 164 valence electrons. The predicted molar refractivity (Wildman–Crippen MR) is 111 cm³/mol. The molecule has 1 amide bonds. The lowest BCUT2D eigenvalue weighted by atomic mass is 9.92. The second-order valence-corrected chi connectivity index (χ2v) is 7.66. The van der Waals surface area contributed by atoms with Gasteiger partial charge in [0.1, 0.15) is 17.2 Å². The summed E-state index contributed by atoms with van der Waals surface area (Å²) in [4.78, 5) is 32.9. The molecule has 4 rings (SSSR count). The third-order valence-corrected chi connectivity index (χ3v) is 5.42. The van der Waals surface area contributed by atoms with Crippen LogP contribution in [-0.4, -0.2) is 29.0 Å². The molecule has 0 spiro atoms. The molecule has 0 saturated heterocycles. The number of amides is 1. The number of methoxy groups -OCH3 is 1. The van der Waals surface area contributed by atoms with Crippen molar-refractivity contribution in [3.63, 3.8) is 0 Å². The summed E-state index contributed by atoms with van der Waals surface area (Å²) in [6, 6.07) is 10.4. The van der Waals surface area contributed by atoms with Crippen LogP contribution in [0, 0.1) is 11.6 Å². The van der Waals surface area contributed by atoms with Gasteiger partial charge in [-0.25, -0.2) is 23.5 Å². The Bertz CT molecular complexity index is 1210. The standard InChI is InChI=1S/C23H20F2N4O3/c1-23(26,22(31)32-2)13-8-6-12(7-9-13)10-16-19-17(11-27-21(19)30)29-20(28-16)18-14(24)4-3-5-15(18)25/h3-9H,10-11,26H2,1-2H3,(H,27,30). The zero-order valence-electron chi connectivity index (χ0n) is 17.4. The quantitative estimate of drug-likeness (QED) is 0.593. The summed E-state index contributed by atoms with van der Waals surface area (Å²) in [6.45, 7) is 1.70. The van der Waals surface area contributed by atoms with Gasteiger partial charge in [0, 0.05) is 6.42 Å². The molecule has 0 saturated carbocycles. The summed E-state index contributed by atoms with van der Waals surface area (Å²) in [5.74, 6) is -2.62. The van der Waals surface area contributed by atoms with E-state index < -0.39 is 23.1 Å². The zero-order valence-corrected chi connectivity index (χ0v) is 17.4. The van der Waals surface area contributed by atoms with Crippen LogP contribution < -0.4 is 11.1 Å². The van der Waals surface area contributed by atoms with Crippen LogP contribution in [-0.2, 0) is 28.0 Å². The summed E-state index contributed by atoms with van der Waals surface area (Å²) in [5.41, 5.74) is 6.75. The number of esters is 1. The Morgan fingerprint density at radius 2 is 1.78 bits per heavy atom. The zero-order chi connectivity index (χ0) is 23.0. The predicted octanol–water partition coefficient (Wildman–Crippen LogP) is 2.60. The highest BCUT2D eigenvalue weighted by Crippen LogP contribution is 2.28. The van der Waals surface area contributed by atoms with Gasteiger partial charge in [-0.05, 0) is 30.2 Å². The first-order chi connectivity index (χ1) is 15.2. The number of nitrogens with two attached hydrogens (primary N) is 1. The summed E-state index contributed by atoms with van der Waals surface area (Å²) in [6.07, 6.45) is 0.209. The fraction of sp³-hybridized carbons (Fsp3) is 0.217. The molecule has 1 aliphatic rings. The number of carbonyl (C=O) groups is 2. The molecule has 1 aliphatic heterocycles. The van der Waals surface area contributed by atoms with Crippen LogP contribution in [0.5, 0.6) is 0 Å². The number of nitrogens with one attached hydrogen (secondary N) is 1. The molecule has 7 nitrogen and oxygen atoms in total. The normalized spacial score (nSPS) is 14.5. The highest BCUT2D eigenvalue weighted by molar-refractivity contribution is 5.99. The molecule has 1 atom stereocenters. The van der Waals surface area contributed by atoms with Gasteiger partial charge < -0.3 is 15.8 Å². The van der Waals surface area contributed by atoms with E-state index in [4.69, 9.17) is 10.5 Å². The number of hydrogen-bond donors (Lipinski definition) is 2. The average Bonchev–Trinajstić information content (AvgIpc) is 3.14. The fourth-order valence-corrected chi connectivity index (χ4v) is 3.64. The Morgan fingerprint density at radius 1 is 1.12 bits per heavy atom. The van der Waals surface area contributed by atoms with Crippen molar-refractivity contribution in [2.45, 2.75) is 25.4 Å². The largest absolute Gasteiger partial charge is 0.467 e. The number of aromatic nitrogens is 2. The molecule has 1 aromatic heterocycles. The van der Waals surface area contributed by atoms with E-state index in [-0.39, 0.29) is 30.3 Å². The molecule has 0 radical (unpaired) electrons. The molecule has 3 N–H and O–H groups in total. The number of nitrogens with zero attached hydrogens (tertiary/aromatic N) is 2. The molecule has 32 heavy (non-hydrogen) atoms. The van der Waals surface area contributed by atoms with Gasteiger partial charge in [0.05, 0.1) is 36.2 Å². The fourth-order valence-electron chi connectivity index (χ4n) is 3.64. The van der Waals surface area contributed by atoms with Crippen LogP contribution in [0.1, 0.15) is 39.8 Å². The van der Waals surface area contributed by atoms with Crippen LogP contribution in [0.25, 0.3) is 11.4 Å². The number of hydrogen-bond acceptors (Lipinski definition) is 6. The van der Waals surface area contributed by atoms with Gasteiger partial charge in [0.25, 0.3) is 5.91 Å². The van der Waals surface area contributed by atoms with Crippen LogP contribution in [0.3, 0.4) is 0 Å². The van der Waals surface area contributed by atoms with Crippen LogP contribution in [0.15, 0.2) is 42.5 Å². The Morgan fingerprint density at radius 3 is 2.41 bits per heavy atom. The molecular formula is C23H20F2N4O3. The van der Waals surface area contributed by atoms with Crippen molar-refractivity contribution in [3.05, 3.63) is 82.2 Å². The Labute approximate surface area is 182 Å². The first-order valence-corrected chi connectivity index (χ1v) is 9.81. The van der Waals surface area contributed by atoms with Crippen molar-refractivity contribution >= 4 is 11.9 Å². The minimum Gasteiger partial charge on any atom is -0.467 e. The highest BCUT2D eigenvalue weighted by Gasteiger charge is 2.32. The van der Waals surface area contributed by atoms with Crippen molar-refractivity contribution in [1.29, 1.82) is 0 Å². The second-order valence-electron chi connectivity index (χ2n) is 7.66. The van der Waals surface area contributed by atoms with Crippen molar-refractivity contribution in [2.75, 3.05) is 7.11 Å². The Hall–Kier alpha value is -3.72. The van der Waals surface area contributed by atoms with Crippen molar-refractivity contribution in [1.82, 2.24) is 15.3 Å². The number of fused-ring (bicyclic) bond motifs is 1. The highest BCUT2D eigenvalue weighted by atomic mass is 19.1. The summed E-state index contributed by atoms with van der Waals surface area (Å²) >= 11 is 0. The van der Waals surface area contributed by atoms with Gasteiger partial charge in [0.15, 0.2) is 5.82 Å². The smallest absolute Gasteiger partial charge is 0.330 e. The van der Waals surface area contributed by atoms with E-state index in [1.165, 1.54) is 13.2 Å². The van der Waals surface area contributed by atoms with E-state index in [0.717, 1.165) is 17.7 Å². The lowest BCUT2D eigenvalue weighted by molar-refractivity contribution is -0.146. The Balaban J connectivity index is 1.74. The SMILES string of the molecule is COC(=O)C(C)(N)c1ccc(Cc2nc(-c3c(F)cccc3F)nc3c2C(=O)NC3)cc1. The monoisotopic (exact) mass is 438 g/mol. The van der Waals surface area contributed by atoms with Gasteiger partial charge in [0.2, 0.25) is 0 Å². The van der Waals surface area contributed by atoms with Crippen LogP contribution in [0.2, 0.25) is 0 Å². The summed E-state index contributed by atoms with van der Waals surface area (Å²) < 4.78 is 33.4. The van der Waals surface area contributed by atoms with E-state index >= 15 is 0 Å². The van der Waals surface area contributed by atoms with Gasteiger partial charge in [-0.2, -0.15) is 0 Å². The molecule has 0 aliphatic carbocycles. The van der Waals surface area contributed by atoms with Crippen molar-refractivity contribution < 1.29 is 23.1 Å². The molecule has 0 fully saturated rings. The number of benzene rings is 2. The van der Waals surface area contributed by atoms with Crippen LogP contribution in [0.4, 0.5) is 8.78 Å². The first-order valence-electron chi connectivity index (χ1n) is 9.81. The van der Waals surface area contributed by atoms with Crippen molar-refractivity contribution in [2.24, 2.45) is 5.73 Å². The maximum Gasteiger partial charge on any atom is 0.330 e. The molecule has 1 unspecified atom stereocenters. The van der Waals surface area contributed by atoms with Crippen LogP contribution >= 0.6 is 0 Å². The average molecular weight is 438 g/mol. The third kappa shape index (κ3) is 3.71. The number of halogens is 2.